The molecule has 13 heavy (non-hydrogen) atoms. The van der Waals surface area contributed by atoms with Gasteiger partial charge in [-0.1, -0.05) is 33.1 Å². The molecule has 1 nitrogen and oxygen atoms in total. The molecule has 0 bridgehead atoms. The summed E-state index contributed by atoms with van der Waals surface area (Å²) >= 11 is 2.13. The van der Waals surface area contributed by atoms with Gasteiger partial charge in [0.05, 0.1) is 0 Å². The van der Waals surface area contributed by atoms with Crippen LogP contribution in [0, 0.1) is 5.92 Å². The molecular formula is C11H23NS. The van der Waals surface area contributed by atoms with E-state index in [0.717, 1.165) is 18.5 Å². The lowest BCUT2D eigenvalue weighted by atomic mass is 9.96. The molecule has 1 N–H and O–H groups in total. The number of nitrogens with one attached hydrogen (secondary N) is 1. The van der Waals surface area contributed by atoms with Gasteiger partial charge in [0.15, 0.2) is 0 Å². The van der Waals surface area contributed by atoms with Crippen LogP contribution in [-0.2, 0) is 0 Å². The average Bonchev–Trinajstić information content (AvgIpc) is 2.54. The predicted octanol–water partition coefficient (Wildman–Crippen LogP) is 2.91. The molecule has 0 amide bonds. The van der Waals surface area contributed by atoms with Crippen LogP contribution in [0.4, 0.5) is 0 Å². The number of hydrogen-bond donors (Lipinski definition) is 1. The van der Waals surface area contributed by atoms with Crippen LogP contribution in [0.25, 0.3) is 0 Å². The van der Waals surface area contributed by atoms with Crippen molar-refractivity contribution in [2.24, 2.45) is 5.92 Å². The number of thioether (sulfide) groups is 1. The third-order valence-corrected chi connectivity index (χ3v) is 4.10. The summed E-state index contributed by atoms with van der Waals surface area (Å²) in [7, 11) is 0. The summed E-state index contributed by atoms with van der Waals surface area (Å²) < 4.78 is 0. The smallest absolute Gasteiger partial charge is 0.0194 e. The van der Waals surface area contributed by atoms with Crippen LogP contribution in [0.1, 0.15) is 39.5 Å². The maximum Gasteiger partial charge on any atom is 0.0194 e. The Hall–Kier alpha value is 0.310. The Morgan fingerprint density at radius 1 is 1.23 bits per heavy atom. The first kappa shape index (κ1) is 11.4. The molecule has 0 saturated carbocycles. The lowest BCUT2D eigenvalue weighted by molar-refractivity contribution is 0.398. The lowest BCUT2D eigenvalue weighted by Gasteiger charge is -2.18. The van der Waals surface area contributed by atoms with Crippen molar-refractivity contribution in [3.05, 3.63) is 0 Å². The molecule has 2 atom stereocenters. The van der Waals surface area contributed by atoms with Crippen molar-refractivity contribution in [1.29, 1.82) is 0 Å². The zero-order valence-corrected chi connectivity index (χ0v) is 9.83. The predicted molar refractivity (Wildman–Crippen MR) is 62.4 cm³/mol. The molecule has 0 aromatic rings. The van der Waals surface area contributed by atoms with E-state index in [-0.39, 0.29) is 0 Å². The molecule has 2 heteroatoms. The molecule has 78 valence electrons. The Morgan fingerprint density at radius 2 is 2.08 bits per heavy atom. The van der Waals surface area contributed by atoms with Crippen molar-refractivity contribution in [2.75, 3.05) is 18.1 Å². The maximum absolute atomic E-state index is 3.60. The van der Waals surface area contributed by atoms with Gasteiger partial charge >= 0.3 is 0 Å². The Labute approximate surface area is 87.1 Å². The summed E-state index contributed by atoms with van der Waals surface area (Å²) in [4.78, 5) is 0. The first-order valence-corrected chi connectivity index (χ1v) is 6.85. The van der Waals surface area contributed by atoms with E-state index >= 15 is 0 Å². The van der Waals surface area contributed by atoms with Crippen molar-refractivity contribution in [3.63, 3.8) is 0 Å². The van der Waals surface area contributed by atoms with Crippen LogP contribution in [0.3, 0.4) is 0 Å². The van der Waals surface area contributed by atoms with E-state index in [0.29, 0.717) is 0 Å². The molecule has 1 aliphatic rings. The van der Waals surface area contributed by atoms with Gasteiger partial charge in [-0.25, -0.2) is 0 Å². The Morgan fingerprint density at radius 3 is 2.77 bits per heavy atom. The molecule has 0 aliphatic carbocycles. The molecule has 2 unspecified atom stereocenters. The van der Waals surface area contributed by atoms with Gasteiger partial charge in [-0.2, -0.15) is 11.8 Å². The molecule has 1 rings (SSSR count). The van der Waals surface area contributed by atoms with Gasteiger partial charge in [-0.3, -0.25) is 0 Å². The highest BCUT2D eigenvalue weighted by molar-refractivity contribution is 7.99. The topological polar surface area (TPSA) is 12.0 Å². The summed E-state index contributed by atoms with van der Waals surface area (Å²) in [6, 6.07) is 0.812. The second-order valence-electron chi connectivity index (χ2n) is 3.96. The number of hydrogen-bond acceptors (Lipinski definition) is 2. The third-order valence-electron chi connectivity index (χ3n) is 2.84. The van der Waals surface area contributed by atoms with E-state index < -0.39 is 0 Å². The molecule has 1 aliphatic heterocycles. The van der Waals surface area contributed by atoms with Crippen LogP contribution in [0.15, 0.2) is 0 Å². The molecule has 0 aromatic heterocycles. The molecule has 1 saturated heterocycles. The van der Waals surface area contributed by atoms with Gasteiger partial charge < -0.3 is 5.32 Å². The minimum Gasteiger partial charge on any atom is -0.313 e. The first-order valence-electron chi connectivity index (χ1n) is 5.69. The van der Waals surface area contributed by atoms with Gasteiger partial charge in [0, 0.05) is 11.8 Å². The standard InChI is InChI=1S/C11H23NS/c1-3-5-6-7-10-8-13-9-11(10)12-4-2/h10-12H,3-9H2,1-2H3. The number of unbranched alkanes of at least 4 members (excludes halogenated alkanes) is 2. The average molecular weight is 201 g/mol. The fraction of sp³-hybridized carbons (Fsp3) is 1.00. The molecule has 1 heterocycles. The van der Waals surface area contributed by atoms with E-state index in [1.54, 1.807) is 0 Å². The summed E-state index contributed by atoms with van der Waals surface area (Å²) in [6.45, 7) is 5.63. The monoisotopic (exact) mass is 201 g/mol. The minimum atomic E-state index is 0.812. The summed E-state index contributed by atoms with van der Waals surface area (Å²) in [5.74, 6) is 3.68. The highest BCUT2D eigenvalue weighted by Crippen LogP contribution is 2.28. The maximum atomic E-state index is 3.60. The fourth-order valence-electron chi connectivity index (χ4n) is 2.03. The zero-order valence-electron chi connectivity index (χ0n) is 9.01. The van der Waals surface area contributed by atoms with Crippen molar-refractivity contribution in [1.82, 2.24) is 5.32 Å². The number of rotatable bonds is 6. The highest BCUT2D eigenvalue weighted by atomic mass is 32.2. The van der Waals surface area contributed by atoms with Crippen LogP contribution in [0.5, 0.6) is 0 Å². The van der Waals surface area contributed by atoms with E-state index in [4.69, 9.17) is 0 Å². The summed E-state index contributed by atoms with van der Waals surface area (Å²) in [5.41, 5.74) is 0. The van der Waals surface area contributed by atoms with Crippen molar-refractivity contribution in [2.45, 2.75) is 45.6 Å². The van der Waals surface area contributed by atoms with E-state index in [1.807, 2.05) is 0 Å². The normalized spacial score (nSPS) is 28.2. The SMILES string of the molecule is CCCCCC1CSCC1NCC. The summed E-state index contributed by atoms with van der Waals surface area (Å²) in [6.07, 6.45) is 5.65. The minimum absolute atomic E-state index is 0.812. The molecule has 0 radical (unpaired) electrons. The second kappa shape index (κ2) is 6.72. The van der Waals surface area contributed by atoms with Crippen LogP contribution in [0.2, 0.25) is 0 Å². The van der Waals surface area contributed by atoms with Gasteiger partial charge in [-0.05, 0) is 24.6 Å². The van der Waals surface area contributed by atoms with Gasteiger partial charge in [0.1, 0.15) is 0 Å². The van der Waals surface area contributed by atoms with E-state index in [1.165, 1.54) is 37.2 Å². The third kappa shape index (κ3) is 3.90. The second-order valence-corrected chi connectivity index (χ2v) is 5.03. The molecule has 0 spiro atoms. The Kier molecular flexibility index (Phi) is 5.88. The van der Waals surface area contributed by atoms with Crippen molar-refractivity contribution < 1.29 is 0 Å². The van der Waals surface area contributed by atoms with E-state index in [2.05, 4.69) is 30.9 Å². The fourth-order valence-corrected chi connectivity index (χ4v) is 3.51. The molecule has 0 aromatic carbocycles. The molecular weight excluding hydrogens is 178 g/mol. The van der Waals surface area contributed by atoms with Crippen molar-refractivity contribution in [3.8, 4) is 0 Å². The Balaban J connectivity index is 2.15. The lowest BCUT2D eigenvalue weighted by Crippen LogP contribution is -2.35. The summed E-state index contributed by atoms with van der Waals surface area (Å²) in [5, 5.41) is 3.60. The quantitative estimate of drug-likeness (QED) is 0.663. The van der Waals surface area contributed by atoms with Gasteiger partial charge in [0.25, 0.3) is 0 Å². The van der Waals surface area contributed by atoms with Gasteiger partial charge in [0.2, 0.25) is 0 Å². The van der Waals surface area contributed by atoms with E-state index in [9.17, 15) is 0 Å². The first-order chi connectivity index (χ1) is 6.38. The highest BCUT2D eigenvalue weighted by Gasteiger charge is 2.25. The van der Waals surface area contributed by atoms with Crippen LogP contribution in [-0.4, -0.2) is 24.1 Å². The zero-order chi connectivity index (χ0) is 9.52. The van der Waals surface area contributed by atoms with Crippen LogP contribution < -0.4 is 5.32 Å². The molecule has 1 fully saturated rings. The van der Waals surface area contributed by atoms with Crippen LogP contribution >= 0.6 is 11.8 Å². The van der Waals surface area contributed by atoms with Crippen molar-refractivity contribution >= 4 is 11.8 Å². The largest absolute Gasteiger partial charge is 0.313 e. The van der Waals surface area contributed by atoms with Gasteiger partial charge in [-0.15, -0.1) is 0 Å². The Bertz CT molecular complexity index is 127.